The third-order valence-electron chi connectivity index (χ3n) is 5.60. The van der Waals surface area contributed by atoms with Crippen molar-refractivity contribution in [3.8, 4) is 11.3 Å². The Morgan fingerprint density at radius 3 is 2.29 bits per heavy atom. The van der Waals surface area contributed by atoms with Crippen molar-refractivity contribution < 1.29 is 12.8 Å². The van der Waals surface area contributed by atoms with E-state index < -0.39 is 10.0 Å². The summed E-state index contributed by atoms with van der Waals surface area (Å²) in [7, 11) is -3.65. The predicted octanol–water partition coefficient (Wildman–Crippen LogP) is 4.89. The number of benzene rings is 2. The molecule has 4 rings (SSSR count). The second-order valence-electron chi connectivity index (χ2n) is 8.03. The van der Waals surface area contributed by atoms with E-state index in [-0.39, 0.29) is 11.7 Å². The number of rotatable bonds is 5. The maximum absolute atomic E-state index is 13.6. The lowest BCUT2D eigenvalue weighted by atomic mass is 10.0. The van der Waals surface area contributed by atoms with Gasteiger partial charge in [-0.3, -0.25) is 0 Å². The van der Waals surface area contributed by atoms with Crippen molar-refractivity contribution in [2.45, 2.75) is 31.6 Å². The maximum atomic E-state index is 13.6. The summed E-state index contributed by atoms with van der Waals surface area (Å²) >= 11 is 1.55. The minimum absolute atomic E-state index is 0.0801. The maximum Gasteiger partial charge on any atom is 0.243 e. The van der Waals surface area contributed by atoms with Gasteiger partial charge in [0.1, 0.15) is 5.82 Å². The highest BCUT2D eigenvalue weighted by Crippen LogP contribution is 2.32. The lowest BCUT2D eigenvalue weighted by Crippen LogP contribution is -2.48. The summed E-state index contributed by atoms with van der Waals surface area (Å²) in [6.45, 7) is 7.85. The number of hydrogen-bond donors (Lipinski definition) is 0. The molecule has 5 nitrogen and oxygen atoms in total. The van der Waals surface area contributed by atoms with Gasteiger partial charge in [-0.15, -0.1) is 11.3 Å². The van der Waals surface area contributed by atoms with Crippen LogP contribution < -0.4 is 4.90 Å². The van der Waals surface area contributed by atoms with Gasteiger partial charge < -0.3 is 4.90 Å². The van der Waals surface area contributed by atoms with Crippen LogP contribution in [0.25, 0.3) is 11.3 Å². The molecule has 1 aliphatic heterocycles. The second kappa shape index (κ2) is 8.68. The Bertz CT molecular complexity index is 1170. The fourth-order valence-electron chi connectivity index (χ4n) is 3.87. The van der Waals surface area contributed by atoms with Crippen LogP contribution in [0.15, 0.2) is 52.7 Å². The van der Waals surface area contributed by atoms with Crippen molar-refractivity contribution in [1.29, 1.82) is 0 Å². The van der Waals surface area contributed by atoms with E-state index in [0.717, 1.165) is 27.5 Å². The van der Waals surface area contributed by atoms with Gasteiger partial charge in [-0.1, -0.05) is 26.0 Å². The molecule has 164 valence electrons. The van der Waals surface area contributed by atoms with Gasteiger partial charge in [0.05, 0.1) is 15.6 Å². The first-order valence-corrected chi connectivity index (χ1v) is 12.6. The predicted molar refractivity (Wildman–Crippen MR) is 124 cm³/mol. The topological polar surface area (TPSA) is 53.5 Å². The lowest BCUT2D eigenvalue weighted by molar-refractivity contribution is 0.384. The average molecular weight is 460 g/mol. The average Bonchev–Trinajstić information content (AvgIpc) is 3.20. The van der Waals surface area contributed by atoms with Crippen LogP contribution in [0.1, 0.15) is 30.3 Å². The fraction of sp³-hybridized carbons (Fsp3) is 0.348. The van der Waals surface area contributed by atoms with Gasteiger partial charge in [0.15, 0.2) is 0 Å². The third-order valence-corrected chi connectivity index (χ3v) is 8.33. The first-order valence-electron chi connectivity index (χ1n) is 10.3. The smallest absolute Gasteiger partial charge is 0.243 e. The number of nitrogens with zero attached hydrogens (tertiary/aromatic N) is 3. The van der Waals surface area contributed by atoms with Crippen LogP contribution >= 0.6 is 11.3 Å². The van der Waals surface area contributed by atoms with Gasteiger partial charge in [-0.2, -0.15) is 4.31 Å². The van der Waals surface area contributed by atoms with Crippen molar-refractivity contribution in [3.63, 3.8) is 0 Å². The molecule has 1 aromatic heterocycles. The Kier molecular flexibility index (Phi) is 6.14. The lowest BCUT2D eigenvalue weighted by Gasteiger charge is -2.35. The molecule has 0 bridgehead atoms. The number of aromatic nitrogens is 1. The zero-order valence-corrected chi connectivity index (χ0v) is 19.5. The molecule has 0 amide bonds. The molecule has 0 atom stereocenters. The molecule has 0 unspecified atom stereocenters. The van der Waals surface area contributed by atoms with E-state index in [1.807, 2.05) is 38.3 Å². The van der Waals surface area contributed by atoms with Crippen LogP contribution in [0.2, 0.25) is 0 Å². The van der Waals surface area contributed by atoms with E-state index in [1.54, 1.807) is 33.8 Å². The molecule has 1 fully saturated rings. The molecule has 0 N–H and O–H groups in total. The molecular weight excluding hydrogens is 433 g/mol. The first kappa shape index (κ1) is 21.9. The number of aryl methyl sites for hydroxylation is 1. The number of sulfonamides is 1. The highest BCUT2D eigenvalue weighted by molar-refractivity contribution is 7.89. The van der Waals surface area contributed by atoms with Crippen LogP contribution in [0.3, 0.4) is 0 Å². The molecule has 0 aliphatic carbocycles. The fourth-order valence-corrected chi connectivity index (χ4v) is 6.29. The van der Waals surface area contributed by atoms with Crippen LogP contribution in [-0.2, 0) is 10.0 Å². The Balaban J connectivity index is 1.61. The summed E-state index contributed by atoms with van der Waals surface area (Å²) in [6, 6.07) is 12.0. The molecule has 0 saturated carbocycles. The Morgan fingerprint density at radius 2 is 1.71 bits per heavy atom. The van der Waals surface area contributed by atoms with E-state index in [1.165, 1.54) is 12.1 Å². The standard InChI is InChI=1S/C23H26FN3O2S2/c1-16(2)21-9-4-18(22-15-30-17(3)25-22)14-23(21)31(28,29)27-12-10-26(11-13-27)20-7-5-19(24)6-8-20/h4-9,14-16H,10-13H2,1-3H3. The minimum atomic E-state index is -3.65. The number of piperazine rings is 1. The number of anilines is 1. The van der Waals surface area contributed by atoms with Crippen LogP contribution in [0.5, 0.6) is 0 Å². The molecule has 1 aliphatic rings. The highest BCUT2D eigenvalue weighted by atomic mass is 32.2. The molecule has 8 heteroatoms. The Morgan fingerprint density at radius 1 is 1.03 bits per heavy atom. The van der Waals surface area contributed by atoms with Crippen LogP contribution in [-0.4, -0.2) is 43.9 Å². The SMILES string of the molecule is Cc1nc(-c2ccc(C(C)C)c(S(=O)(=O)N3CCN(c4ccc(F)cc4)CC3)c2)cs1. The van der Waals surface area contributed by atoms with E-state index in [2.05, 4.69) is 9.88 Å². The molecule has 1 saturated heterocycles. The largest absolute Gasteiger partial charge is 0.369 e. The van der Waals surface area contributed by atoms with Gasteiger partial charge >= 0.3 is 0 Å². The highest BCUT2D eigenvalue weighted by Gasteiger charge is 2.31. The number of hydrogen-bond acceptors (Lipinski definition) is 5. The third kappa shape index (κ3) is 4.51. The summed E-state index contributed by atoms with van der Waals surface area (Å²) < 4.78 is 42.0. The van der Waals surface area contributed by atoms with Crippen molar-refractivity contribution in [2.24, 2.45) is 0 Å². The van der Waals surface area contributed by atoms with Gasteiger partial charge in [0.25, 0.3) is 0 Å². The quantitative estimate of drug-likeness (QED) is 0.545. The van der Waals surface area contributed by atoms with Crippen molar-refractivity contribution >= 4 is 27.0 Å². The van der Waals surface area contributed by atoms with Crippen molar-refractivity contribution in [2.75, 3.05) is 31.1 Å². The minimum Gasteiger partial charge on any atom is -0.369 e. The molecule has 0 radical (unpaired) electrons. The van der Waals surface area contributed by atoms with Crippen molar-refractivity contribution in [1.82, 2.24) is 9.29 Å². The van der Waals surface area contributed by atoms with Gasteiger partial charge in [0, 0.05) is 42.8 Å². The van der Waals surface area contributed by atoms with Crippen LogP contribution in [0.4, 0.5) is 10.1 Å². The van der Waals surface area contributed by atoms with Gasteiger partial charge in [-0.25, -0.2) is 17.8 Å². The van der Waals surface area contributed by atoms with E-state index >= 15 is 0 Å². The second-order valence-corrected chi connectivity index (χ2v) is 11.0. The van der Waals surface area contributed by atoms with E-state index in [9.17, 15) is 12.8 Å². The van der Waals surface area contributed by atoms with Crippen LogP contribution in [0, 0.1) is 12.7 Å². The zero-order chi connectivity index (χ0) is 22.2. The molecule has 2 aromatic carbocycles. The first-order chi connectivity index (χ1) is 14.8. The monoisotopic (exact) mass is 459 g/mol. The Labute approximate surface area is 187 Å². The van der Waals surface area contributed by atoms with E-state index in [4.69, 9.17) is 0 Å². The van der Waals surface area contributed by atoms with Crippen molar-refractivity contribution in [3.05, 3.63) is 64.2 Å². The molecule has 0 spiro atoms. The summed E-state index contributed by atoms with van der Waals surface area (Å²) in [5, 5.41) is 2.90. The van der Waals surface area contributed by atoms with Gasteiger partial charge in [0.2, 0.25) is 10.0 Å². The molecular formula is C23H26FN3O2S2. The number of thiazole rings is 1. The summed E-state index contributed by atoms with van der Waals surface area (Å²) in [4.78, 5) is 6.97. The Hall–Kier alpha value is -2.29. The summed E-state index contributed by atoms with van der Waals surface area (Å²) in [6.07, 6.45) is 0. The summed E-state index contributed by atoms with van der Waals surface area (Å²) in [5.41, 5.74) is 3.34. The normalized spacial score (nSPS) is 15.6. The van der Waals surface area contributed by atoms with E-state index in [0.29, 0.717) is 31.1 Å². The summed E-state index contributed by atoms with van der Waals surface area (Å²) in [5.74, 6) is -0.196. The molecule has 31 heavy (non-hydrogen) atoms. The molecule has 2 heterocycles. The zero-order valence-electron chi connectivity index (χ0n) is 17.9. The number of halogens is 1. The molecule has 3 aromatic rings. The van der Waals surface area contributed by atoms with Gasteiger partial charge in [-0.05, 0) is 48.7 Å².